The monoisotopic (exact) mass is 324 g/mol. The second kappa shape index (κ2) is 7.29. The summed E-state index contributed by atoms with van der Waals surface area (Å²) in [7, 11) is 1.84. The summed E-state index contributed by atoms with van der Waals surface area (Å²) in [5.74, 6) is -0.0227. The van der Waals surface area contributed by atoms with Crippen molar-refractivity contribution in [1.82, 2.24) is 20.0 Å². The quantitative estimate of drug-likeness (QED) is 0.698. The number of imide groups is 1. The van der Waals surface area contributed by atoms with Gasteiger partial charge in [-0.05, 0) is 33.7 Å². The van der Waals surface area contributed by atoms with Gasteiger partial charge in [-0.15, -0.1) is 0 Å². The largest absolute Gasteiger partial charge is 0.342 e. The minimum absolute atomic E-state index is 0.0713. The fraction of sp³-hybridized carbons (Fsp3) is 0.812. The zero-order valence-corrected chi connectivity index (χ0v) is 14.4. The summed E-state index contributed by atoms with van der Waals surface area (Å²) in [6.45, 7) is 6.43. The van der Waals surface area contributed by atoms with Crippen LogP contribution in [-0.4, -0.2) is 77.9 Å². The molecule has 7 nitrogen and oxygen atoms in total. The van der Waals surface area contributed by atoms with Gasteiger partial charge < -0.3 is 10.2 Å². The molecule has 0 aromatic rings. The Morgan fingerprint density at radius 1 is 1.22 bits per heavy atom. The van der Waals surface area contributed by atoms with Crippen molar-refractivity contribution in [2.75, 3.05) is 39.8 Å². The van der Waals surface area contributed by atoms with Crippen molar-refractivity contribution in [3.63, 3.8) is 0 Å². The standard InChI is InChI=1S/C16H28N4O3/c1-4-19(5-2)13(21)12-18(3)10-11-20-14(22)16(17-15(20)23)8-6-7-9-16/h4-12H2,1-3H3,(H,17,23). The molecular weight excluding hydrogens is 296 g/mol. The molecule has 0 radical (unpaired) electrons. The number of nitrogens with one attached hydrogen (secondary N) is 1. The van der Waals surface area contributed by atoms with Gasteiger partial charge in [-0.3, -0.25) is 19.4 Å². The van der Waals surface area contributed by atoms with E-state index in [1.807, 2.05) is 25.8 Å². The highest BCUT2D eigenvalue weighted by atomic mass is 16.2. The van der Waals surface area contributed by atoms with Gasteiger partial charge >= 0.3 is 6.03 Å². The van der Waals surface area contributed by atoms with Crippen molar-refractivity contribution in [3.05, 3.63) is 0 Å². The second-order valence-electron chi connectivity index (χ2n) is 6.48. The molecule has 1 saturated heterocycles. The van der Waals surface area contributed by atoms with Crippen molar-refractivity contribution < 1.29 is 14.4 Å². The van der Waals surface area contributed by atoms with Crippen molar-refractivity contribution >= 4 is 17.8 Å². The topological polar surface area (TPSA) is 73.0 Å². The molecule has 0 unspecified atom stereocenters. The van der Waals surface area contributed by atoms with Crippen LogP contribution in [0.5, 0.6) is 0 Å². The zero-order valence-electron chi connectivity index (χ0n) is 14.4. The number of rotatable bonds is 7. The average Bonchev–Trinajstić information content (AvgIpc) is 3.06. The van der Waals surface area contributed by atoms with Crippen molar-refractivity contribution in [1.29, 1.82) is 0 Å². The number of hydrogen-bond donors (Lipinski definition) is 1. The molecule has 1 heterocycles. The number of urea groups is 1. The Bertz CT molecular complexity index is 470. The average molecular weight is 324 g/mol. The van der Waals surface area contributed by atoms with Crippen LogP contribution in [0.4, 0.5) is 4.79 Å². The molecule has 2 rings (SSSR count). The van der Waals surface area contributed by atoms with E-state index < -0.39 is 5.54 Å². The predicted octanol–water partition coefficient (Wildman–Crippen LogP) is 0.651. The van der Waals surface area contributed by atoms with Gasteiger partial charge in [-0.1, -0.05) is 12.8 Å². The first kappa shape index (κ1) is 17.7. The van der Waals surface area contributed by atoms with Gasteiger partial charge in [0.25, 0.3) is 5.91 Å². The molecule has 0 bridgehead atoms. The molecule has 1 aliphatic heterocycles. The van der Waals surface area contributed by atoms with E-state index in [9.17, 15) is 14.4 Å². The van der Waals surface area contributed by atoms with Crippen LogP contribution in [0, 0.1) is 0 Å². The first-order chi connectivity index (χ1) is 10.9. The molecule has 0 atom stereocenters. The summed E-state index contributed by atoms with van der Waals surface area (Å²) in [5, 5.41) is 2.87. The minimum atomic E-state index is -0.646. The third-order valence-corrected chi connectivity index (χ3v) is 4.93. The highest BCUT2D eigenvalue weighted by molar-refractivity contribution is 6.07. The van der Waals surface area contributed by atoms with Gasteiger partial charge in [-0.25, -0.2) is 4.79 Å². The lowest BCUT2D eigenvalue weighted by atomic mass is 9.98. The molecule has 7 heteroatoms. The van der Waals surface area contributed by atoms with Crippen LogP contribution in [0.25, 0.3) is 0 Å². The molecule has 2 aliphatic rings. The maximum atomic E-state index is 12.5. The number of carbonyl (C=O) groups is 3. The molecule has 2 fully saturated rings. The first-order valence-electron chi connectivity index (χ1n) is 8.54. The van der Waals surface area contributed by atoms with E-state index in [-0.39, 0.29) is 17.8 Å². The van der Waals surface area contributed by atoms with E-state index in [2.05, 4.69) is 5.32 Å². The highest BCUT2D eigenvalue weighted by Crippen LogP contribution is 2.34. The van der Waals surface area contributed by atoms with Gasteiger partial charge in [0.1, 0.15) is 5.54 Å². The molecule has 130 valence electrons. The van der Waals surface area contributed by atoms with Crippen LogP contribution in [0.2, 0.25) is 0 Å². The number of hydrogen-bond acceptors (Lipinski definition) is 4. The summed E-state index contributed by atoms with van der Waals surface area (Å²) >= 11 is 0. The van der Waals surface area contributed by atoms with Gasteiger partial charge in [0.15, 0.2) is 0 Å². The zero-order chi connectivity index (χ0) is 17.0. The fourth-order valence-electron chi connectivity index (χ4n) is 3.45. The predicted molar refractivity (Wildman–Crippen MR) is 86.9 cm³/mol. The normalized spacial score (nSPS) is 19.7. The van der Waals surface area contributed by atoms with Crippen molar-refractivity contribution in [2.45, 2.75) is 45.1 Å². The molecule has 1 spiro atoms. The Kier molecular flexibility index (Phi) is 5.62. The third kappa shape index (κ3) is 3.65. The van der Waals surface area contributed by atoms with Gasteiger partial charge in [0.2, 0.25) is 5.91 Å². The smallest absolute Gasteiger partial charge is 0.325 e. The van der Waals surface area contributed by atoms with Crippen molar-refractivity contribution in [3.8, 4) is 0 Å². The SMILES string of the molecule is CCN(CC)C(=O)CN(C)CCN1C(=O)NC2(CCCC2)C1=O. The van der Waals surface area contributed by atoms with E-state index >= 15 is 0 Å². The van der Waals surface area contributed by atoms with Crippen LogP contribution in [0.3, 0.4) is 0 Å². The third-order valence-electron chi connectivity index (χ3n) is 4.93. The maximum Gasteiger partial charge on any atom is 0.325 e. The Hall–Kier alpha value is -1.63. The summed E-state index contributed by atoms with van der Waals surface area (Å²) in [6, 6.07) is -0.291. The Balaban J connectivity index is 1.84. The Morgan fingerprint density at radius 3 is 2.39 bits per heavy atom. The number of nitrogens with zero attached hydrogens (tertiary/aromatic N) is 3. The molecule has 23 heavy (non-hydrogen) atoms. The van der Waals surface area contributed by atoms with E-state index in [4.69, 9.17) is 0 Å². The van der Waals surface area contributed by atoms with E-state index in [0.717, 1.165) is 25.7 Å². The Morgan fingerprint density at radius 2 is 1.83 bits per heavy atom. The van der Waals surface area contributed by atoms with Crippen LogP contribution >= 0.6 is 0 Å². The second-order valence-corrected chi connectivity index (χ2v) is 6.48. The van der Waals surface area contributed by atoms with E-state index in [1.54, 1.807) is 4.90 Å². The van der Waals surface area contributed by atoms with Crippen LogP contribution in [0.15, 0.2) is 0 Å². The number of likely N-dealkylation sites (N-methyl/N-ethyl adjacent to an activating group) is 2. The molecule has 1 saturated carbocycles. The lowest BCUT2D eigenvalue weighted by Crippen LogP contribution is -2.45. The van der Waals surface area contributed by atoms with Crippen LogP contribution in [0.1, 0.15) is 39.5 Å². The summed E-state index contributed by atoms with van der Waals surface area (Å²) in [5.41, 5.74) is -0.646. The highest BCUT2D eigenvalue weighted by Gasteiger charge is 2.52. The van der Waals surface area contributed by atoms with E-state index in [1.165, 1.54) is 4.90 Å². The Labute approximate surface area is 138 Å². The van der Waals surface area contributed by atoms with E-state index in [0.29, 0.717) is 32.7 Å². The summed E-state index contributed by atoms with van der Waals surface area (Å²) in [6.07, 6.45) is 3.45. The number of carbonyl (C=O) groups excluding carboxylic acids is 3. The van der Waals surface area contributed by atoms with Gasteiger partial charge in [-0.2, -0.15) is 0 Å². The van der Waals surface area contributed by atoms with Crippen LogP contribution in [-0.2, 0) is 9.59 Å². The lowest BCUT2D eigenvalue weighted by Gasteiger charge is -2.24. The molecule has 1 N–H and O–H groups in total. The summed E-state index contributed by atoms with van der Waals surface area (Å²) < 4.78 is 0. The molecule has 0 aromatic heterocycles. The first-order valence-corrected chi connectivity index (χ1v) is 8.54. The lowest BCUT2D eigenvalue weighted by molar-refractivity contribution is -0.131. The van der Waals surface area contributed by atoms with Gasteiger partial charge in [0, 0.05) is 26.2 Å². The number of amides is 4. The van der Waals surface area contributed by atoms with Crippen molar-refractivity contribution in [2.24, 2.45) is 0 Å². The molecule has 0 aromatic carbocycles. The maximum absolute atomic E-state index is 12.5. The summed E-state index contributed by atoms with van der Waals surface area (Å²) in [4.78, 5) is 41.6. The van der Waals surface area contributed by atoms with Gasteiger partial charge in [0.05, 0.1) is 6.54 Å². The van der Waals surface area contributed by atoms with Crippen LogP contribution < -0.4 is 5.32 Å². The molecule has 1 aliphatic carbocycles. The fourth-order valence-corrected chi connectivity index (χ4v) is 3.45. The minimum Gasteiger partial charge on any atom is -0.342 e. The molecule has 4 amide bonds. The molecular formula is C16H28N4O3.